The first kappa shape index (κ1) is 23.8. The molecule has 0 aliphatic heterocycles. The van der Waals surface area contributed by atoms with Gasteiger partial charge in [-0.05, 0) is 83.2 Å². The van der Waals surface area contributed by atoms with Gasteiger partial charge in [-0.25, -0.2) is 0 Å². The zero-order valence-corrected chi connectivity index (χ0v) is 23.1. The van der Waals surface area contributed by atoms with E-state index in [0.717, 1.165) is 77.3 Å². The molecule has 4 heteroatoms. The van der Waals surface area contributed by atoms with Crippen LogP contribution in [0.2, 0.25) is 0 Å². The summed E-state index contributed by atoms with van der Waals surface area (Å²) in [6, 6.07) is 46.8. The molecule has 9 aromatic rings. The number of pyridine rings is 1. The van der Waals surface area contributed by atoms with Gasteiger partial charge in [0.15, 0.2) is 5.58 Å². The molecule has 0 aliphatic carbocycles. The van der Waals surface area contributed by atoms with Crippen molar-refractivity contribution in [3.05, 3.63) is 146 Å². The Labute approximate surface area is 247 Å². The molecule has 0 spiro atoms. The molecule has 43 heavy (non-hydrogen) atoms. The predicted molar refractivity (Wildman–Crippen MR) is 176 cm³/mol. The summed E-state index contributed by atoms with van der Waals surface area (Å²) in [6.07, 6.45) is 3.60. The number of benzene rings is 6. The van der Waals surface area contributed by atoms with Gasteiger partial charge in [0.05, 0.1) is 6.20 Å². The summed E-state index contributed by atoms with van der Waals surface area (Å²) in [6.45, 7) is 0. The van der Waals surface area contributed by atoms with Gasteiger partial charge in [-0.1, -0.05) is 66.7 Å². The van der Waals surface area contributed by atoms with Crippen LogP contribution in [-0.4, -0.2) is 4.98 Å². The molecule has 0 unspecified atom stereocenters. The van der Waals surface area contributed by atoms with E-state index in [9.17, 15) is 0 Å². The van der Waals surface area contributed by atoms with Gasteiger partial charge < -0.3 is 13.7 Å². The summed E-state index contributed by atoms with van der Waals surface area (Å²) in [5, 5.41) is 6.56. The van der Waals surface area contributed by atoms with E-state index < -0.39 is 0 Å². The SMILES string of the molecule is c1ccc(-c2cccc(N(c3ccc4c(ccc5c6ccncc6oc45)c3)c3ccc4oc5ccccc5c4c3)c2)cc1. The van der Waals surface area contributed by atoms with E-state index >= 15 is 0 Å². The lowest BCUT2D eigenvalue weighted by atomic mass is 10.0. The van der Waals surface area contributed by atoms with Gasteiger partial charge in [0.25, 0.3) is 0 Å². The van der Waals surface area contributed by atoms with Gasteiger partial charge >= 0.3 is 0 Å². The maximum atomic E-state index is 6.29. The number of hydrogen-bond acceptors (Lipinski definition) is 4. The van der Waals surface area contributed by atoms with Crippen LogP contribution in [0, 0.1) is 0 Å². The molecular formula is C39H24N2O2. The van der Waals surface area contributed by atoms with Gasteiger partial charge in [0.2, 0.25) is 0 Å². The highest BCUT2D eigenvalue weighted by Gasteiger charge is 2.18. The highest BCUT2D eigenvalue weighted by Crippen LogP contribution is 2.42. The Bertz CT molecular complexity index is 2470. The Kier molecular flexibility index (Phi) is 5.16. The average molecular weight is 553 g/mol. The third-order valence-corrected chi connectivity index (χ3v) is 8.33. The Hall–Kier alpha value is -5.87. The lowest BCUT2D eigenvalue weighted by molar-refractivity contribution is 0.669. The largest absolute Gasteiger partial charge is 0.456 e. The van der Waals surface area contributed by atoms with Gasteiger partial charge in [0, 0.05) is 50.2 Å². The van der Waals surface area contributed by atoms with Gasteiger partial charge in [-0.2, -0.15) is 0 Å². The van der Waals surface area contributed by atoms with Crippen molar-refractivity contribution < 1.29 is 8.83 Å². The zero-order chi connectivity index (χ0) is 28.3. The van der Waals surface area contributed by atoms with Gasteiger partial charge in [-0.3, -0.25) is 4.98 Å². The van der Waals surface area contributed by atoms with Crippen molar-refractivity contribution in [3.63, 3.8) is 0 Å². The lowest BCUT2D eigenvalue weighted by Crippen LogP contribution is -2.10. The second-order valence-electron chi connectivity index (χ2n) is 10.9. The third kappa shape index (κ3) is 3.81. The minimum Gasteiger partial charge on any atom is -0.456 e. The van der Waals surface area contributed by atoms with E-state index in [1.54, 1.807) is 6.20 Å². The number of anilines is 3. The zero-order valence-electron chi connectivity index (χ0n) is 23.1. The molecule has 0 aliphatic rings. The Morgan fingerprint density at radius 2 is 1.19 bits per heavy atom. The summed E-state index contributed by atoms with van der Waals surface area (Å²) in [4.78, 5) is 6.57. The van der Waals surface area contributed by atoms with Crippen molar-refractivity contribution in [1.29, 1.82) is 0 Å². The quantitative estimate of drug-likeness (QED) is 0.218. The maximum absolute atomic E-state index is 6.29. The van der Waals surface area contributed by atoms with Crippen molar-refractivity contribution in [2.45, 2.75) is 0 Å². The van der Waals surface area contributed by atoms with Crippen LogP contribution in [-0.2, 0) is 0 Å². The number of para-hydroxylation sites is 1. The van der Waals surface area contributed by atoms with Crippen molar-refractivity contribution in [1.82, 2.24) is 4.98 Å². The van der Waals surface area contributed by atoms with Crippen LogP contribution in [0.4, 0.5) is 17.1 Å². The van der Waals surface area contributed by atoms with Crippen molar-refractivity contribution in [2.75, 3.05) is 4.90 Å². The molecule has 0 fully saturated rings. The highest BCUT2D eigenvalue weighted by atomic mass is 16.3. The molecule has 6 aromatic carbocycles. The Morgan fingerprint density at radius 3 is 2.14 bits per heavy atom. The van der Waals surface area contributed by atoms with Crippen molar-refractivity contribution >= 4 is 71.7 Å². The summed E-state index contributed by atoms with van der Waals surface area (Å²) < 4.78 is 12.5. The summed E-state index contributed by atoms with van der Waals surface area (Å²) >= 11 is 0. The molecule has 3 heterocycles. The summed E-state index contributed by atoms with van der Waals surface area (Å²) in [5.41, 5.74) is 8.98. The molecule has 0 bridgehead atoms. The highest BCUT2D eigenvalue weighted by molar-refractivity contribution is 6.15. The molecule has 0 saturated carbocycles. The minimum atomic E-state index is 0.800. The smallest absolute Gasteiger partial charge is 0.153 e. The third-order valence-electron chi connectivity index (χ3n) is 8.33. The molecule has 202 valence electrons. The van der Waals surface area contributed by atoms with E-state index in [0.29, 0.717) is 0 Å². The van der Waals surface area contributed by atoms with Crippen LogP contribution in [0.3, 0.4) is 0 Å². The van der Waals surface area contributed by atoms with E-state index in [1.165, 1.54) is 5.56 Å². The first-order chi connectivity index (χ1) is 21.3. The topological polar surface area (TPSA) is 42.4 Å². The number of furan rings is 2. The normalized spacial score (nSPS) is 11.7. The van der Waals surface area contributed by atoms with Gasteiger partial charge in [0.1, 0.15) is 16.7 Å². The van der Waals surface area contributed by atoms with Crippen molar-refractivity contribution in [3.8, 4) is 11.1 Å². The number of fused-ring (bicyclic) bond motifs is 8. The van der Waals surface area contributed by atoms with Crippen LogP contribution in [0.1, 0.15) is 0 Å². The molecule has 9 rings (SSSR count). The molecule has 0 radical (unpaired) electrons. The maximum Gasteiger partial charge on any atom is 0.153 e. The van der Waals surface area contributed by atoms with Crippen LogP contribution in [0.15, 0.2) is 155 Å². The monoisotopic (exact) mass is 552 g/mol. The molecule has 0 N–H and O–H groups in total. The fourth-order valence-corrected chi connectivity index (χ4v) is 6.30. The Morgan fingerprint density at radius 1 is 0.442 bits per heavy atom. The number of nitrogens with zero attached hydrogens (tertiary/aromatic N) is 2. The first-order valence-electron chi connectivity index (χ1n) is 14.4. The Balaban J connectivity index is 1.26. The number of rotatable bonds is 4. The summed E-state index contributed by atoms with van der Waals surface area (Å²) in [5.74, 6) is 0. The van der Waals surface area contributed by atoms with E-state index in [-0.39, 0.29) is 0 Å². The number of hydrogen-bond donors (Lipinski definition) is 0. The van der Waals surface area contributed by atoms with E-state index in [4.69, 9.17) is 8.83 Å². The fraction of sp³-hybridized carbons (Fsp3) is 0. The number of aromatic nitrogens is 1. The molecule has 0 atom stereocenters. The second-order valence-corrected chi connectivity index (χ2v) is 10.9. The van der Waals surface area contributed by atoms with Crippen LogP contribution in [0.25, 0.3) is 65.8 Å². The fourth-order valence-electron chi connectivity index (χ4n) is 6.30. The van der Waals surface area contributed by atoms with E-state index in [2.05, 4.69) is 125 Å². The predicted octanol–water partition coefficient (Wildman–Crippen LogP) is 11.2. The van der Waals surface area contributed by atoms with Crippen LogP contribution in [0.5, 0.6) is 0 Å². The molecule has 0 amide bonds. The summed E-state index contributed by atoms with van der Waals surface area (Å²) in [7, 11) is 0. The van der Waals surface area contributed by atoms with E-state index in [1.807, 2.05) is 24.4 Å². The lowest BCUT2D eigenvalue weighted by Gasteiger charge is -2.26. The molecule has 3 aromatic heterocycles. The second kappa shape index (κ2) is 9.33. The molecular weight excluding hydrogens is 528 g/mol. The van der Waals surface area contributed by atoms with Crippen LogP contribution >= 0.6 is 0 Å². The van der Waals surface area contributed by atoms with Crippen LogP contribution < -0.4 is 4.90 Å². The average Bonchev–Trinajstić information content (AvgIpc) is 3.64. The first-order valence-corrected chi connectivity index (χ1v) is 14.4. The standard InChI is InChI=1S/C39H24N2O2/c1-2-7-25(8-3-1)26-9-6-10-28(21-26)41(30-15-18-37-35(23-30)32-11-4-5-12-36(32)42-37)29-14-17-31-27(22-29)13-16-34-33-19-20-40-24-38(33)43-39(31)34/h1-24H. The molecule has 0 saturated heterocycles. The molecule has 4 nitrogen and oxygen atoms in total. The minimum absolute atomic E-state index is 0.800. The van der Waals surface area contributed by atoms with Gasteiger partial charge in [-0.15, -0.1) is 0 Å². The van der Waals surface area contributed by atoms with Crippen molar-refractivity contribution in [2.24, 2.45) is 0 Å².